The Kier molecular flexibility index (Phi) is 3.28. The average molecular weight is 194 g/mol. The third-order valence-electron chi connectivity index (χ3n) is 2.20. The summed E-state index contributed by atoms with van der Waals surface area (Å²) in [4.78, 5) is 0. The highest BCUT2D eigenvalue weighted by Crippen LogP contribution is 2.19. The molecule has 0 aliphatic rings. The molecule has 0 spiro atoms. The molecule has 0 aromatic heterocycles. The van der Waals surface area contributed by atoms with E-state index in [4.69, 9.17) is 0 Å². The van der Waals surface area contributed by atoms with Crippen molar-refractivity contribution in [1.29, 1.82) is 0 Å². The van der Waals surface area contributed by atoms with E-state index in [0.29, 0.717) is 0 Å². The molecule has 0 bridgehead atoms. The maximum absolute atomic E-state index is 9.72. The molecule has 0 fully saturated rings. The Hall–Kier alpha value is -0.603. The van der Waals surface area contributed by atoms with Gasteiger partial charge < -0.3 is 5.11 Å². The highest BCUT2D eigenvalue weighted by atomic mass is 28.1. The number of aliphatic hydroxyl groups is 1. The van der Waals surface area contributed by atoms with E-state index in [0.717, 1.165) is 5.56 Å². The SMILES string of the molecule is CC(C)(O)c1ccc(CC[SiH3])cc1. The predicted octanol–water partition coefficient (Wildman–Crippen LogP) is 1.24. The molecule has 0 aliphatic heterocycles. The van der Waals surface area contributed by atoms with Crippen molar-refractivity contribution in [3.05, 3.63) is 35.4 Å². The Bertz CT molecular complexity index is 258. The second-order valence-electron chi connectivity index (χ2n) is 4.01. The molecule has 0 heterocycles. The van der Waals surface area contributed by atoms with E-state index in [-0.39, 0.29) is 0 Å². The van der Waals surface area contributed by atoms with E-state index in [1.54, 1.807) is 0 Å². The van der Waals surface area contributed by atoms with Gasteiger partial charge in [0, 0.05) is 10.2 Å². The monoisotopic (exact) mass is 194 g/mol. The van der Waals surface area contributed by atoms with Gasteiger partial charge in [0.05, 0.1) is 5.60 Å². The van der Waals surface area contributed by atoms with Gasteiger partial charge in [-0.05, 0) is 31.4 Å². The molecule has 72 valence electrons. The van der Waals surface area contributed by atoms with Gasteiger partial charge in [-0.25, -0.2) is 0 Å². The molecule has 0 atom stereocenters. The van der Waals surface area contributed by atoms with Crippen LogP contribution in [0.1, 0.15) is 25.0 Å². The lowest BCUT2D eigenvalue weighted by molar-refractivity contribution is 0.0786. The van der Waals surface area contributed by atoms with E-state index in [9.17, 15) is 5.11 Å². The molecule has 0 unspecified atom stereocenters. The molecule has 1 rings (SSSR count). The highest BCUT2D eigenvalue weighted by Gasteiger charge is 2.14. The van der Waals surface area contributed by atoms with Crippen molar-refractivity contribution >= 4 is 10.2 Å². The van der Waals surface area contributed by atoms with Crippen LogP contribution < -0.4 is 0 Å². The van der Waals surface area contributed by atoms with Gasteiger partial charge in [-0.1, -0.05) is 30.3 Å². The van der Waals surface area contributed by atoms with Crippen molar-refractivity contribution in [2.45, 2.75) is 31.9 Å². The standard InChI is InChI=1S/C11H18OSi/c1-11(2,12)10-5-3-9(4-6-10)7-8-13/h3-6,12H,7-8H2,1-2,13H3. The number of rotatable bonds is 3. The Labute approximate surface area is 83.2 Å². The van der Waals surface area contributed by atoms with Gasteiger partial charge in [0.2, 0.25) is 0 Å². The first-order valence-corrected chi connectivity index (χ1v) is 6.27. The van der Waals surface area contributed by atoms with Crippen molar-refractivity contribution in [2.24, 2.45) is 0 Å². The fourth-order valence-electron chi connectivity index (χ4n) is 1.37. The van der Waals surface area contributed by atoms with Gasteiger partial charge in [0.25, 0.3) is 0 Å². The van der Waals surface area contributed by atoms with Crippen LogP contribution in [-0.2, 0) is 12.0 Å². The lowest BCUT2D eigenvalue weighted by atomic mass is 9.97. The maximum Gasteiger partial charge on any atom is 0.0840 e. The number of benzene rings is 1. The van der Waals surface area contributed by atoms with Gasteiger partial charge in [0.1, 0.15) is 0 Å². The van der Waals surface area contributed by atoms with E-state index in [1.807, 2.05) is 26.0 Å². The minimum Gasteiger partial charge on any atom is -0.386 e. The Morgan fingerprint density at radius 2 is 1.77 bits per heavy atom. The zero-order chi connectivity index (χ0) is 9.90. The zero-order valence-corrected chi connectivity index (χ0v) is 10.7. The van der Waals surface area contributed by atoms with Crippen LogP contribution in [0.2, 0.25) is 6.04 Å². The molecule has 1 aromatic carbocycles. The van der Waals surface area contributed by atoms with Gasteiger partial charge in [-0.2, -0.15) is 0 Å². The molecule has 2 heteroatoms. The summed E-state index contributed by atoms with van der Waals surface area (Å²) < 4.78 is 0. The molecular weight excluding hydrogens is 176 g/mol. The Morgan fingerprint density at radius 1 is 1.23 bits per heavy atom. The molecule has 13 heavy (non-hydrogen) atoms. The molecule has 1 nitrogen and oxygen atoms in total. The average Bonchev–Trinajstić information content (AvgIpc) is 2.04. The van der Waals surface area contributed by atoms with Crippen LogP contribution in [0.25, 0.3) is 0 Å². The fourth-order valence-corrected chi connectivity index (χ4v) is 1.95. The van der Waals surface area contributed by atoms with Crippen LogP contribution in [0.3, 0.4) is 0 Å². The second-order valence-corrected chi connectivity index (χ2v) is 5.01. The molecular formula is C11H18OSi. The lowest BCUT2D eigenvalue weighted by Gasteiger charge is -2.17. The summed E-state index contributed by atoms with van der Waals surface area (Å²) in [5.74, 6) is 0. The predicted molar refractivity (Wildman–Crippen MR) is 60.1 cm³/mol. The van der Waals surface area contributed by atoms with Crippen molar-refractivity contribution in [3.63, 3.8) is 0 Å². The van der Waals surface area contributed by atoms with Gasteiger partial charge in [-0.3, -0.25) is 0 Å². The summed E-state index contributed by atoms with van der Waals surface area (Å²) >= 11 is 0. The summed E-state index contributed by atoms with van der Waals surface area (Å²) in [5.41, 5.74) is 1.66. The summed E-state index contributed by atoms with van der Waals surface area (Å²) in [7, 11) is 1.26. The van der Waals surface area contributed by atoms with Crippen LogP contribution in [0.15, 0.2) is 24.3 Å². The minimum absolute atomic E-state index is 0.709. The highest BCUT2D eigenvalue weighted by molar-refractivity contribution is 6.08. The van der Waals surface area contributed by atoms with E-state index < -0.39 is 5.60 Å². The summed E-state index contributed by atoms with van der Waals surface area (Å²) in [5, 5.41) is 9.72. The van der Waals surface area contributed by atoms with Crippen molar-refractivity contribution in [3.8, 4) is 0 Å². The first-order valence-electron chi connectivity index (χ1n) is 4.86. The van der Waals surface area contributed by atoms with Crippen molar-refractivity contribution < 1.29 is 5.11 Å². The minimum atomic E-state index is -0.709. The third-order valence-corrected chi connectivity index (χ3v) is 2.70. The Morgan fingerprint density at radius 3 is 2.15 bits per heavy atom. The smallest absolute Gasteiger partial charge is 0.0840 e. The number of aryl methyl sites for hydroxylation is 1. The Balaban J connectivity index is 2.81. The fraction of sp³-hybridized carbons (Fsp3) is 0.455. The zero-order valence-electron chi connectivity index (χ0n) is 8.67. The van der Waals surface area contributed by atoms with Crippen LogP contribution in [0, 0.1) is 0 Å². The van der Waals surface area contributed by atoms with Crippen LogP contribution >= 0.6 is 0 Å². The quantitative estimate of drug-likeness (QED) is 0.718. The molecule has 0 aliphatic carbocycles. The molecule has 0 saturated carbocycles. The van der Waals surface area contributed by atoms with Crippen molar-refractivity contribution in [2.75, 3.05) is 0 Å². The van der Waals surface area contributed by atoms with Crippen LogP contribution in [0.4, 0.5) is 0 Å². The van der Waals surface area contributed by atoms with E-state index in [1.165, 1.54) is 28.3 Å². The number of hydrogen-bond donors (Lipinski definition) is 1. The second kappa shape index (κ2) is 4.07. The molecule has 0 radical (unpaired) electrons. The molecule has 0 saturated heterocycles. The van der Waals surface area contributed by atoms with E-state index in [2.05, 4.69) is 12.1 Å². The maximum atomic E-state index is 9.72. The summed E-state index contributed by atoms with van der Waals surface area (Å²) in [6.45, 7) is 3.63. The molecule has 0 amide bonds. The third kappa shape index (κ3) is 2.97. The van der Waals surface area contributed by atoms with Gasteiger partial charge >= 0.3 is 0 Å². The van der Waals surface area contributed by atoms with E-state index >= 15 is 0 Å². The van der Waals surface area contributed by atoms with Crippen LogP contribution in [0.5, 0.6) is 0 Å². The van der Waals surface area contributed by atoms with Gasteiger partial charge in [0.15, 0.2) is 0 Å². The summed E-state index contributed by atoms with van der Waals surface area (Å²) in [6.07, 6.45) is 1.18. The first kappa shape index (κ1) is 10.5. The lowest BCUT2D eigenvalue weighted by Crippen LogP contribution is -2.15. The summed E-state index contributed by atoms with van der Waals surface area (Å²) in [6, 6.07) is 9.58. The first-order chi connectivity index (χ1) is 6.04. The molecule has 1 aromatic rings. The largest absolute Gasteiger partial charge is 0.386 e. The van der Waals surface area contributed by atoms with Crippen molar-refractivity contribution in [1.82, 2.24) is 0 Å². The molecule has 1 N–H and O–H groups in total. The number of hydrogen-bond acceptors (Lipinski definition) is 1. The normalized spacial score (nSPS) is 11.9. The van der Waals surface area contributed by atoms with Gasteiger partial charge in [-0.15, -0.1) is 0 Å². The van der Waals surface area contributed by atoms with Crippen LogP contribution in [-0.4, -0.2) is 15.3 Å². The topological polar surface area (TPSA) is 20.2 Å².